The van der Waals surface area contributed by atoms with E-state index in [0.29, 0.717) is 5.39 Å². The van der Waals surface area contributed by atoms with Gasteiger partial charge in [-0.3, -0.25) is 14.7 Å². The van der Waals surface area contributed by atoms with Crippen molar-refractivity contribution in [3.63, 3.8) is 0 Å². The van der Waals surface area contributed by atoms with Crippen LogP contribution in [0.3, 0.4) is 0 Å². The average molecular weight is 428 g/mol. The molecule has 0 unspecified atom stereocenters. The number of nitrogens with one attached hydrogen (secondary N) is 3. The molecule has 0 aliphatic carbocycles. The van der Waals surface area contributed by atoms with Crippen LogP contribution in [-0.4, -0.2) is 35.2 Å². The number of methoxy groups -OCH3 is 1. The number of aromatic amines is 1. The molecule has 0 aliphatic heterocycles. The minimum Gasteiger partial charge on any atom is -0.497 e. The zero-order chi connectivity index (χ0) is 22.5. The van der Waals surface area contributed by atoms with E-state index in [1.54, 1.807) is 14.0 Å². The quantitative estimate of drug-likeness (QED) is 0.419. The third kappa shape index (κ3) is 4.46. The number of amides is 2. The van der Waals surface area contributed by atoms with Crippen LogP contribution >= 0.6 is 0 Å². The first-order valence-corrected chi connectivity index (χ1v) is 10.3. The van der Waals surface area contributed by atoms with Gasteiger partial charge in [0.1, 0.15) is 11.8 Å². The summed E-state index contributed by atoms with van der Waals surface area (Å²) in [6.45, 7) is 1.65. The Balaban J connectivity index is 1.51. The molecule has 0 spiro atoms. The van der Waals surface area contributed by atoms with E-state index >= 15 is 0 Å². The highest BCUT2D eigenvalue weighted by Crippen LogP contribution is 2.24. The van der Waals surface area contributed by atoms with Crippen LogP contribution in [0.4, 0.5) is 0 Å². The molecule has 0 radical (unpaired) electrons. The fourth-order valence-corrected chi connectivity index (χ4v) is 3.54. The summed E-state index contributed by atoms with van der Waals surface area (Å²) in [5.41, 5.74) is 2.86. The molecule has 0 fully saturated rings. The van der Waals surface area contributed by atoms with Crippen molar-refractivity contribution < 1.29 is 14.3 Å². The SMILES string of the molecule is COc1ccc([C@@H](NC(=O)[C@H](C)NC(=O)c2n[nH]c3ccccc23)c2ccccc2)cc1. The van der Waals surface area contributed by atoms with E-state index in [-0.39, 0.29) is 17.6 Å². The Labute approximate surface area is 185 Å². The smallest absolute Gasteiger partial charge is 0.273 e. The van der Waals surface area contributed by atoms with Gasteiger partial charge < -0.3 is 15.4 Å². The van der Waals surface area contributed by atoms with Gasteiger partial charge >= 0.3 is 0 Å². The second-order valence-electron chi connectivity index (χ2n) is 7.44. The lowest BCUT2D eigenvalue weighted by molar-refractivity contribution is -0.123. The van der Waals surface area contributed by atoms with Gasteiger partial charge in [0.2, 0.25) is 5.91 Å². The highest BCUT2D eigenvalue weighted by Gasteiger charge is 2.23. The van der Waals surface area contributed by atoms with Crippen molar-refractivity contribution in [1.82, 2.24) is 20.8 Å². The maximum atomic E-state index is 13.0. The van der Waals surface area contributed by atoms with Crippen LogP contribution in [0.25, 0.3) is 10.9 Å². The molecule has 162 valence electrons. The van der Waals surface area contributed by atoms with Crippen LogP contribution in [-0.2, 0) is 4.79 Å². The number of H-pyrrole nitrogens is 1. The minimum atomic E-state index is -0.762. The number of hydrogen-bond donors (Lipinski definition) is 3. The van der Waals surface area contributed by atoms with Crippen molar-refractivity contribution in [2.45, 2.75) is 19.0 Å². The minimum absolute atomic E-state index is 0.259. The van der Waals surface area contributed by atoms with Crippen molar-refractivity contribution in [1.29, 1.82) is 0 Å². The first-order valence-electron chi connectivity index (χ1n) is 10.3. The normalized spacial score (nSPS) is 12.7. The Bertz CT molecular complexity index is 1220. The average Bonchev–Trinajstić information content (AvgIpc) is 3.27. The van der Waals surface area contributed by atoms with E-state index < -0.39 is 11.9 Å². The lowest BCUT2D eigenvalue weighted by atomic mass is 9.98. The number of hydrogen-bond acceptors (Lipinski definition) is 4. The summed E-state index contributed by atoms with van der Waals surface area (Å²) in [4.78, 5) is 25.8. The van der Waals surface area contributed by atoms with Gasteiger partial charge in [-0.25, -0.2) is 0 Å². The highest BCUT2D eigenvalue weighted by molar-refractivity contribution is 6.05. The van der Waals surface area contributed by atoms with Crippen molar-refractivity contribution in [3.05, 3.63) is 95.7 Å². The van der Waals surface area contributed by atoms with Crippen molar-refractivity contribution in [2.24, 2.45) is 0 Å². The van der Waals surface area contributed by atoms with Crippen LogP contribution < -0.4 is 15.4 Å². The summed E-state index contributed by atoms with van der Waals surface area (Å²) in [7, 11) is 1.61. The molecule has 7 nitrogen and oxygen atoms in total. The van der Waals surface area contributed by atoms with Gasteiger partial charge in [0.05, 0.1) is 18.7 Å². The molecule has 4 aromatic rings. The van der Waals surface area contributed by atoms with Crippen LogP contribution in [0.2, 0.25) is 0 Å². The van der Waals surface area contributed by atoms with Gasteiger partial charge in [0.15, 0.2) is 5.69 Å². The summed E-state index contributed by atoms with van der Waals surface area (Å²) >= 11 is 0. The molecule has 1 heterocycles. The predicted octanol–water partition coefficient (Wildman–Crippen LogP) is 3.60. The Morgan fingerprint density at radius 1 is 0.875 bits per heavy atom. The first kappa shape index (κ1) is 21.1. The third-order valence-corrected chi connectivity index (χ3v) is 5.29. The first-order chi connectivity index (χ1) is 15.6. The Morgan fingerprint density at radius 3 is 2.25 bits per heavy atom. The molecule has 4 rings (SSSR count). The van der Waals surface area contributed by atoms with Gasteiger partial charge in [0.25, 0.3) is 5.91 Å². The molecule has 3 N–H and O–H groups in total. The molecule has 0 saturated carbocycles. The number of benzene rings is 3. The Kier molecular flexibility index (Phi) is 6.17. The van der Waals surface area contributed by atoms with Crippen molar-refractivity contribution in [3.8, 4) is 5.75 Å². The molecule has 1 aromatic heterocycles. The van der Waals surface area contributed by atoms with Gasteiger partial charge in [-0.2, -0.15) is 5.10 Å². The lowest BCUT2D eigenvalue weighted by Crippen LogP contribution is -2.46. The van der Waals surface area contributed by atoms with Crippen LogP contribution in [0.1, 0.15) is 34.6 Å². The zero-order valence-electron chi connectivity index (χ0n) is 17.8. The van der Waals surface area contributed by atoms with Gasteiger partial charge in [-0.1, -0.05) is 60.7 Å². The van der Waals surface area contributed by atoms with Crippen LogP contribution in [0, 0.1) is 0 Å². The molecule has 0 aliphatic rings. The van der Waals surface area contributed by atoms with E-state index in [1.807, 2.05) is 78.9 Å². The summed E-state index contributed by atoms with van der Waals surface area (Å²) in [6, 6.07) is 23.4. The van der Waals surface area contributed by atoms with Gasteiger partial charge in [-0.05, 0) is 36.2 Å². The Hall–Kier alpha value is -4.13. The maximum absolute atomic E-state index is 13.0. The maximum Gasteiger partial charge on any atom is 0.273 e. The van der Waals surface area contributed by atoms with E-state index in [1.165, 1.54) is 0 Å². The molecule has 7 heteroatoms. The van der Waals surface area contributed by atoms with E-state index in [2.05, 4.69) is 20.8 Å². The molecule has 3 aromatic carbocycles. The zero-order valence-corrected chi connectivity index (χ0v) is 17.8. The number of carbonyl (C=O) groups excluding carboxylic acids is 2. The lowest BCUT2D eigenvalue weighted by Gasteiger charge is -2.22. The third-order valence-electron chi connectivity index (χ3n) is 5.29. The van der Waals surface area contributed by atoms with Crippen LogP contribution in [0.5, 0.6) is 5.75 Å². The second kappa shape index (κ2) is 9.34. The topological polar surface area (TPSA) is 96.1 Å². The summed E-state index contributed by atoms with van der Waals surface area (Å²) in [5, 5.41) is 13.4. The number of para-hydroxylation sites is 1. The molecule has 0 bridgehead atoms. The van der Waals surface area contributed by atoms with E-state index in [0.717, 1.165) is 22.4 Å². The molecular formula is C25H24N4O3. The largest absolute Gasteiger partial charge is 0.497 e. The second-order valence-corrected chi connectivity index (χ2v) is 7.44. The van der Waals surface area contributed by atoms with Gasteiger partial charge in [0, 0.05) is 5.39 Å². The number of ether oxygens (including phenoxy) is 1. The molecule has 2 atom stereocenters. The van der Waals surface area contributed by atoms with Gasteiger partial charge in [-0.15, -0.1) is 0 Å². The number of rotatable bonds is 7. The summed E-state index contributed by atoms with van der Waals surface area (Å²) < 4.78 is 5.24. The standard InChI is InChI=1S/C25H24N4O3/c1-16(26-25(31)23-20-10-6-7-11-21(20)28-29-23)24(30)27-22(17-8-4-3-5-9-17)18-12-14-19(32-2)15-13-18/h3-16,22H,1-2H3,(H,26,31)(H,27,30)(H,28,29)/t16-,22-/m0/s1. The monoisotopic (exact) mass is 428 g/mol. The van der Waals surface area contributed by atoms with Crippen molar-refractivity contribution in [2.75, 3.05) is 7.11 Å². The molecule has 32 heavy (non-hydrogen) atoms. The van der Waals surface area contributed by atoms with E-state index in [4.69, 9.17) is 4.74 Å². The van der Waals surface area contributed by atoms with Crippen LogP contribution in [0.15, 0.2) is 78.9 Å². The highest BCUT2D eigenvalue weighted by atomic mass is 16.5. The van der Waals surface area contributed by atoms with E-state index in [9.17, 15) is 9.59 Å². The number of fused-ring (bicyclic) bond motifs is 1. The Morgan fingerprint density at radius 2 is 1.53 bits per heavy atom. The predicted molar refractivity (Wildman–Crippen MR) is 122 cm³/mol. The molecule has 2 amide bonds. The summed E-state index contributed by atoms with van der Waals surface area (Å²) in [6.07, 6.45) is 0. The number of carbonyl (C=O) groups is 2. The fourth-order valence-electron chi connectivity index (χ4n) is 3.54. The summed E-state index contributed by atoms with van der Waals surface area (Å²) in [5.74, 6) is 0.0208. The van der Waals surface area contributed by atoms with Crippen molar-refractivity contribution >= 4 is 22.7 Å². The fraction of sp³-hybridized carbons (Fsp3) is 0.160. The molecular weight excluding hydrogens is 404 g/mol. The number of aromatic nitrogens is 2. The molecule has 0 saturated heterocycles. The number of nitrogens with zero attached hydrogens (tertiary/aromatic N) is 1.